The third kappa shape index (κ3) is 2.64. The van der Waals surface area contributed by atoms with Crippen molar-refractivity contribution in [3.05, 3.63) is 29.8 Å². The van der Waals surface area contributed by atoms with Gasteiger partial charge in [-0.1, -0.05) is 38.8 Å². The van der Waals surface area contributed by atoms with Crippen molar-refractivity contribution in [2.45, 2.75) is 19.3 Å². The van der Waals surface area contributed by atoms with Gasteiger partial charge in [-0.15, -0.1) is 0 Å². The van der Waals surface area contributed by atoms with Crippen LogP contribution < -0.4 is 10.5 Å². The molecule has 0 radical (unpaired) electrons. The van der Waals surface area contributed by atoms with Gasteiger partial charge >= 0.3 is 0 Å². The summed E-state index contributed by atoms with van der Waals surface area (Å²) in [4.78, 5) is 0. The summed E-state index contributed by atoms with van der Waals surface area (Å²) in [5.74, 6) is 0. The fraction of sp³-hybridized carbons (Fsp3) is 0.400. The lowest BCUT2D eigenvalue weighted by atomic mass is 9.85. The quantitative estimate of drug-likeness (QED) is 0.511. The number of nitrogens with one attached hydrogen (secondary N) is 1. The lowest BCUT2D eigenvalue weighted by Gasteiger charge is -2.24. The van der Waals surface area contributed by atoms with Crippen LogP contribution in [0.1, 0.15) is 19.4 Å². The molecule has 3 N–H and O–H groups in total. The van der Waals surface area contributed by atoms with Crippen LogP contribution in [-0.4, -0.2) is 6.54 Å². The van der Waals surface area contributed by atoms with Crippen molar-refractivity contribution in [1.82, 2.24) is 4.72 Å². The number of nitrogen functional groups attached to an aromatic ring is 1. The number of anilines is 1. The molecule has 0 atom stereocenters. The Balaban J connectivity index is 2.87. The van der Waals surface area contributed by atoms with E-state index < -0.39 is 0 Å². The van der Waals surface area contributed by atoms with Crippen LogP contribution in [0.2, 0.25) is 0 Å². The Morgan fingerprint density at radius 1 is 1.31 bits per heavy atom. The Hall–Kier alpha value is -0.670. The van der Waals surface area contributed by atoms with Gasteiger partial charge in [0.1, 0.15) is 0 Å². The van der Waals surface area contributed by atoms with Gasteiger partial charge in [0.05, 0.1) is 0 Å². The third-order valence-electron chi connectivity index (χ3n) is 2.21. The highest BCUT2D eigenvalue weighted by atomic mass is 32.1. The van der Waals surface area contributed by atoms with E-state index in [0.29, 0.717) is 0 Å². The summed E-state index contributed by atoms with van der Waals surface area (Å²) in [6.07, 6.45) is 0. The maximum atomic E-state index is 5.61. The second-order valence-electron chi connectivity index (χ2n) is 3.84. The minimum Gasteiger partial charge on any atom is -0.399 e. The molecule has 1 rings (SSSR count). The van der Waals surface area contributed by atoms with Gasteiger partial charge in [0.15, 0.2) is 0 Å². The van der Waals surface area contributed by atoms with Gasteiger partial charge in [-0.2, -0.15) is 0 Å². The first-order valence-corrected chi connectivity index (χ1v) is 4.74. The first kappa shape index (κ1) is 10.4. The molecule has 0 aliphatic carbocycles. The summed E-state index contributed by atoms with van der Waals surface area (Å²) in [5, 5.41) is 0. The Morgan fingerprint density at radius 3 is 2.31 bits per heavy atom. The largest absolute Gasteiger partial charge is 0.399 e. The summed E-state index contributed by atoms with van der Waals surface area (Å²) < 4.78 is 2.88. The molecule has 0 fully saturated rings. The third-order valence-corrected chi connectivity index (χ3v) is 2.37. The minimum atomic E-state index is 0.0927. The molecule has 0 unspecified atom stereocenters. The molecule has 3 heteroatoms. The average molecular weight is 196 g/mol. The molecule has 1 aromatic rings. The zero-order chi connectivity index (χ0) is 9.90. The van der Waals surface area contributed by atoms with Gasteiger partial charge in [0, 0.05) is 17.6 Å². The van der Waals surface area contributed by atoms with Crippen molar-refractivity contribution in [3.63, 3.8) is 0 Å². The number of thiol groups is 1. The first-order chi connectivity index (χ1) is 6.06. The number of benzene rings is 1. The van der Waals surface area contributed by atoms with Crippen molar-refractivity contribution < 1.29 is 0 Å². The van der Waals surface area contributed by atoms with E-state index in [1.807, 2.05) is 12.1 Å². The smallest absolute Gasteiger partial charge is 0.0314 e. The fourth-order valence-electron chi connectivity index (χ4n) is 1.23. The second-order valence-corrected chi connectivity index (χ2v) is 4.16. The zero-order valence-corrected chi connectivity index (χ0v) is 8.94. The molecule has 0 bridgehead atoms. The normalized spacial score (nSPS) is 11.6. The summed E-state index contributed by atoms with van der Waals surface area (Å²) in [5.41, 5.74) is 7.78. The van der Waals surface area contributed by atoms with Crippen LogP contribution in [0.25, 0.3) is 0 Å². The summed E-state index contributed by atoms with van der Waals surface area (Å²) in [7, 11) is 0. The van der Waals surface area contributed by atoms with E-state index in [1.165, 1.54) is 5.56 Å². The molecule has 2 nitrogen and oxygen atoms in total. The SMILES string of the molecule is CC(C)(CNS)c1ccc(N)cc1. The molecule has 1 aromatic carbocycles. The number of rotatable bonds is 3. The van der Waals surface area contributed by atoms with E-state index in [4.69, 9.17) is 5.73 Å². The first-order valence-electron chi connectivity index (χ1n) is 4.29. The molecule has 0 aromatic heterocycles. The minimum absolute atomic E-state index is 0.0927. The molecular formula is C10H16N2S. The van der Waals surface area contributed by atoms with Crippen LogP contribution in [0.4, 0.5) is 5.69 Å². The molecule has 72 valence electrons. The summed E-state index contributed by atoms with van der Waals surface area (Å²) >= 11 is 4.01. The van der Waals surface area contributed by atoms with Gasteiger partial charge in [-0.3, -0.25) is 4.72 Å². The van der Waals surface area contributed by atoms with Crippen LogP contribution in [0.5, 0.6) is 0 Å². The van der Waals surface area contributed by atoms with Crippen molar-refractivity contribution in [2.24, 2.45) is 0 Å². The lowest BCUT2D eigenvalue weighted by molar-refractivity contribution is 0.524. The molecule has 0 aliphatic rings. The lowest BCUT2D eigenvalue weighted by Crippen LogP contribution is -2.28. The van der Waals surface area contributed by atoms with E-state index in [-0.39, 0.29) is 5.41 Å². The highest BCUT2D eigenvalue weighted by molar-refractivity contribution is 7.78. The van der Waals surface area contributed by atoms with E-state index in [9.17, 15) is 0 Å². The number of hydrogen-bond donors (Lipinski definition) is 3. The summed E-state index contributed by atoms with van der Waals surface area (Å²) in [6, 6.07) is 7.96. The Kier molecular flexibility index (Phi) is 3.22. The highest BCUT2D eigenvalue weighted by Gasteiger charge is 2.18. The van der Waals surface area contributed by atoms with E-state index in [0.717, 1.165) is 12.2 Å². The van der Waals surface area contributed by atoms with Gasteiger partial charge in [-0.25, -0.2) is 0 Å². The molecule has 0 heterocycles. The van der Waals surface area contributed by atoms with E-state index in [2.05, 4.69) is 43.5 Å². The number of nitrogens with two attached hydrogens (primary N) is 1. The molecule has 0 saturated heterocycles. The maximum absolute atomic E-state index is 5.61. The predicted octanol–water partition coefficient (Wildman–Crippen LogP) is 1.98. The van der Waals surface area contributed by atoms with Crippen molar-refractivity contribution in [1.29, 1.82) is 0 Å². The van der Waals surface area contributed by atoms with Crippen LogP contribution in [0.15, 0.2) is 24.3 Å². The molecular weight excluding hydrogens is 180 g/mol. The standard InChI is InChI=1S/C10H16N2S/c1-10(2,7-12-13)8-3-5-9(11)6-4-8/h3-6,12-13H,7,11H2,1-2H3. The molecule has 0 spiro atoms. The van der Waals surface area contributed by atoms with Gasteiger partial charge in [-0.05, 0) is 17.7 Å². The fourth-order valence-corrected chi connectivity index (χ4v) is 1.63. The van der Waals surface area contributed by atoms with E-state index >= 15 is 0 Å². The van der Waals surface area contributed by atoms with Crippen LogP contribution in [0.3, 0.4) is 0 Å². The molecule has 0 saturated carbocycles. The Bertz CT molecular complexity index is 267. The monoisotopic (exact) mass is 196 g/mol. The highest BCUT2D eigenvalue weighted by Crippen LogP contribution is 2.23. The second kappa shape index (κ2) is 4.03. The van der Waals surface area contributed by atoms with Crippen molar-refractivity contribution in [2.75, 3.05) is 12.3 Å². The van der Waals surface area contributed by atoms with Crippen LogP contribution in [-0.2, 0) is 5.41 Å². The molecule has 0 amide bonds. The Labute approximate surface area is 85.1 Å². The van der Waals surface area contributed by atoms with Crippen LogP contribution >= 0.6 is 12.8 Å². The van der Waals surface area contributed by atoms with E-state index in [1.54, 1.807) is 0 Å². The van der Waals surface area contributed by atoms with Gasteiger partial charge < -0.3 is 5.73 Å². The van der Waals surface area contributed by atoms with Gasteiger partial charge in [0.25, 0.3) is 0 Å². The van der Waals surface area contributed by atoms with Crippen LogP contribution in [0, 0.1) is 0 Å². The van der Waals surface area contributed by atoms with Gasteiger partial charge in [0.2, 0.25) is 0 Å². The van der Waals surface area contributed by atoms with Crippen molar-refractivity contribution >= 4 is 18.5 Å². The number of hydrogen-bond acceptors (Lipinski definition) is 3. The average Bonchev–Trinajstić information content (AvgIpc) is 2.05. The Morgan fingerprint density at radius 2 is 1.85 bits per heavy atom. The molecule has 0 aliphatic heterocycles. The van der Waals surface area contributed by atoms with Crippen molar-refractivity contribution in [3.8, 4) is 0 Å². The summed E-state index contributed by atoms with van der Waals surface area (Å²) in [6.45, 7) is 5.17. The molecule has 13 heavy (non-hydrogen) atoms. The predicted molar refractivity (Wildman–Crippen MR) is 60.9 cm³/mol. The zero-order valence-electron chi connectivity index (χ0n) is 8.04. The topological polar surface area (TPSA) is 38.0 Å². The maximum Gasteiger partial charge on any atom is 0.0314 e.